The topological polar surface area (TPSA) is 62.7 Å². The second-order valence-electron chi connectivity index (χ2n) is 5.07. The number of ether oxygens (including phenoxy) is 1. The quantitative estimate of drug-likeness (QED) is 0.935. The molecule has 1 aliphatic rings. The molecule has 1 N–H and O–H groups in total. The van der Waals surface area contributed by atoms with Gasteiger partial charge in [-0.05, 0) is 24.3 Å². The lowest BCUT2D eigenvalue weighted by molar-refractivity contribution is -0.156. The third-order valence-electron chi connectivity index (χ3n) is 3.48. The monoisotopic (exact) mass is 322 g/mol. The van der Waals surface area contributed by atoms with E-state index >= 15 is 0 Å². The molecule has 0 bridgehead atoms. The molecule has 0 amide bonds. The summed E-state index contributed by atoms with van der Waals surface area (Å²) >= 11 is 1.52. The van der Waals surface area contributed by atoms with Crippen LogP contribution in [0.25, 0.3) is 11.3 Å². The number of carboxylic acids is 1. The van der Waals surface area contributed by atoms with Gasteiger partial charge in [-0.2, -0.15) is 0 Å². The molecule has 1 atom stereocenters. The van der Waals surface area contributed by atoms with Gasteiger partial charge in [0, 0.05) is 24.0 Å². The van der Waals surface area contributed by atoms with Crippen LogP contribution in [0.1, 0.15) is 5.01 Å². The van der Waals surface area contributed by atoms with Crippen LogP contribution in [0.2, 0.25) is 0 Å². The van der Waals surface area contributed by atoms with Crippen molar-refractivity contribution in [1.29, 1.82) is 0 Å². The molecule has 1 saturated heterocycles. The number of morpholine rings is 1. The summed E-state index contributed by atoms with van der Waals surface area (Å²) in [6.45, 7) is 2.06. The molecule has 22 heavy (non-hydrogen) atoms. The summed E-state index contributed by atoms with van der Waals surface area (Å²) in [6, 6.07) is 6.22. The van der Waals surface area contributed by atoms with Gasteiger partial charge in [0.2, 0.25) is 0 Å². The van der Waals surface area contributed by atoms with Crippen molar-refractivity contribution in [2.75, 3.05) is 19.7 Å². The Morgan fingerprint density at radius 2 is 2.23 bits per heavy atom. The van der Waals surface area contributed by atoms with Gasteiger partial charge in [0.1, 0.15) is 10.8 Å². The van der Waals surface area contributed by atoms with E-state index in [2.05, 4.69) is 4.98 Å². The van der Waals surface area contributed by atoms with E-state index < -0.39 is 12.1 Å². The summed E-state index contributed by atoms with van der Waals surface area (Å²) < 4.78 is 18.1. The molecule has 2 heterocycles. The first-order chi connectivity index (χ1) is 10.6. The van der Waals surface area contributed by atoms with Gasteiger partial charge in [0.15, 0.2) is 6.10 Å². The zero-order valence-corrected chi connectivity index (χ0v) is 12.6. The number of thiazole rings is 1. The average Bonchev–Trinajstić information content (AvgIpc) is 2.96. The van der Waals surface area contributed by atoms with Crippen LogP contribution in [-0.4, -0.2) is 46.8 Å². The molecule has 0 aliphatic carbocycles. The standard InChI is InChI=1S/C15H15FN2O3S/c16-11-3-1-10(2-4-11)12-9-22-14(17-12)8-18-5-6-21-13(7-18)15(19)20/h1-4,9,13H,5-8H2,(H,19,20). The van der Waals surface area contributed by atoms with E-state index in [0.717, 1.165) is 16.3 Å². The molecule has 1 unspecified atom stereocenters. The number of hydrogen-bond donors (Lipinski definition) is 1. The van der Waals surface area contributed by atoms with E-state index in [1.54, 1.807) is 12.1 Å². The summed E-state index contributed by atoms with van der Waals surface area (Å²) in [7, 11) is 0. The molecule has 0 saturated carbocycles. The molecular weight excluding hydrogens is 307 g/mol. The molecule has 0 spiro atoms. The first-order valence-corrected chi connectivity index (χ1v) is 7.77. The van der Waals surface area contributed by atoms with E-state index in [0.29, 0.717) is 26.2 Å². The Hall–Kier alpha value is -1.83. The summed E-state index contributed by atoms with van der Waals surface area (Å²) in [4.78, 5) is 17.5. The molecule has 1 aromatic carbocycles. The molecule has 7 heteroatoms. The van der Waals surface area contributed by atoms with E-state index in [1.165, 1.54) is 23.5 Å². The Balaban J connectivity index is 1.66. The lowest BCUT2D eigenvalue weighted by Gasteiger charge is -2.29. The fraction of sp³-hybridized carbons (Fsp3) is 0.333. The first-order valence-electron chi connectivity index (χ1n) is 6.89. The van der Waals surface area contributed by atoms with Gasteiger partial charge >= 0.3 is 5.97 Å². The summed E-state index contributed by atoms with van der Waals surface area (Å²) in [5, 5.41) is 11.8. The number of carboxylic acid groups (broad SMARTS) is 1. The Bertz CT molecular complexity index is 659. The molecule has 1 fully saturated rings. The van der Waals surface area contributed by atoms with Crippen molar-refractivity contribution in [3.63, 3.8) is 0 Å². The zero-order chi connectivity index (χ0) is 15.5. The van der Waals surface area contributed by atoms with Crippen LogP contribution < -0.4 is 0 Å². The molecule has 2 aromatic rings. The Labute approximate surface area is 131 Å². The number of halogens is 1. The molecule has 5 nitrogen and oxygen atoms in total. The maximum absolute atomic E-state index is 12.9. The summed E-state index contributed by atoms with van der Waals surface area (Å²) in [6.07, 6.45) is -0.773. The number of benzene rings is 1. The van der Waals surface area contributed by atoms with Crippen molar-refractivity contribution in [3.8, 4) is 11.3 Å². The van der Waals surface area contributed by atoms with Crippen LogP contribution in [-0.2, 0) is 16.1 Å². The van der Waals surface area contributed by atoms with Crippen LogP contribution in [0.3, 0.4) is 0 Å². The molecule has 0 radical (unpaired) electrons. The number of hydrogen-bond acceptors (Lipinski definition) is 5. The minimum absolute atomic E-state index is 0.271. The van der Waals surface area contributed by atoms with Crippen LogP contribution in [0, 0.1) is 5.82 Å². The van der Waals surface area contributed by atoms with Crippen LogP contribution in [0.15, 0.2) is 29.6 Å². The molecular formula is C15H15FN2O3S. The van der Waals surface area contributed by atoms with Crippen molar-refractivity contribution in [3.05, 3.63) is 40.5 Å². The van der Waals surface area contributed by atoms with Crippen molar-refractivity contribution in [1.82, 2.24) is 9.88 Å². The van der Waals surface area contributed by atoms with Crippen molar-refractivity contribution in [2.24, 2.45) is 0 Å². The van der Waals surface area contributed by atoms with E-state index in [1.807, 2.05) is 10.3 Å². The fourth-order valence-corrected chi connectivity index (χ4v) is 3.17. The highest BCUT2D eigenvalue weighted by Gasteiger charge is 2.26. The first kappa shape index (κ1) is 15.1. The van der Waals surface area contributed by atoms with Gasteiger partial charge < -0.3 is 9.84 Å². The Kier molecular flexibility index (Phi) is 4.47. The van der Waals surface area contributed by atoms with E-state index in [9.17, 15) is 9.18 Å². The Morgan fingerprint density at radius 1 is 1.45 bits per heavy atom. The highest BCUT2D eigenvalue weighted by atomic mass is 32.1. The van der Waals surface area contributed by atoms with Crippen molar-refractivity contribution >= 4 is 17.3 Å². The number of carbonyl (C=O) groups is 1. The number of aromatic nitrogens is 1. The summed E-state index contributed by atoms with van der Waals surface area (Å²) in [5.41, 5.74) is 1.68. The van der Waals surface area contributed by atoms with Crippen LogP contribution in [0.4, 0.5) is 4.39 Å². The largest absolute Gasteiger partial charge is 0.479 e. The van der Waals surface area contributed by atoms with Crippen molar-refractivity contribution < 1.29 is 19.0 Å². The second kappa shape index (κ2) is 6.51. The van der Waals surface area contributed by atoms with Gasteiger partial charge in [-0.3, -0.25) is 4.90 Å². The van der Waals surface area contributed by atoms with Gasteiger partial charge in [-0.25, -0.2) is 14.2 Å². The highest BCUT2D eigenvalue weighted by molar-refractivity contribution is 7.09. The number of nitrogens with zero attached hydrogens (tertiary/aromatic N) is 2. The lowest BCUT2D eigenvalue weighted by Crippen LogP contribution is -2.45. The predicted molar refractivity (Wildman–Crippen MR) is 80.2 cm³/mol. The average molecular weight is 322 g/mol. The molecule has 3 rings (SSSR count). The smallest absolute Gasteiger partial charge is 0.334 e. The van der Waals surface area contributed by atoms with Crippen molar-refractivity contribution in [2.45, 2.75) is 12.6 Å². The second-order valence-corrected chi connectivity index (χ2v) is 6.01. The van der Waals surface area contributed by atoms with E-state index in [4.69, 9.17) is 9.84 Å². The predicted octanol–water partition coefficient (Wildman–Crippen LogP) is 2.23. The third-order valence-corrected chi connectivity index (χ3v) is 4.31. The number of aliphatic carboxylic acids is 1. The maximum Gasteiger partial charge on any atom is 0.334 e. The van der Waals surface area contributed by atoms with Gasteiger partial charge in [0.25, 0.3) is 0 Å². The minimum Gasteiger partial charge on any atom is -0.479 e. The maximum atomic E-state index is 12.9. The van der Waals surface area contributed by atoms with Gasteiger partial charge in [0.05, 0.1) is 18.8 Å². The highest BCUT2D eigenvalue weighted by Crippen LogP contribution is 2.23. The minimum atomic E-state index is -0.934. The fourth-order valence-electron chi connectivity index (χ4n) is 2.32. The number of rotatable bonds is 4. The molecule has 1 aromatic heterocycles. The Morgan fingerprint density at radius 3 is 2.95 bits per heavy atom. The van der Waals surface area contributed by atoms with Crippen LogP contribution >= 0.6 is 11.3 Å². The molecule has 1 aliphatic heterocycles. The molecule has 116 valence electrons. The summed E-state index contributed by atoms with van der Waals surface area (Å²) in [5.74, 6) is -1.21. The van der Waals surface area contributed by atoms with Gasteiger partial charge in [-0.15, -0.1) is 11.3 Å². The van der Waals surface area contributed by atoms with Gasteiger partial charge in [-0.1, -0.05) is 0 Å². The van der Waals surface area contributed by atoms with Crippen LogP contribution in [0.5, 0.6) is 0 Å². The zero-order valence-electron chi connectivity index (χ0n) is 11.7. The SMILES string of the molecule is O=C(O)C1CN(Cc2nc(-c3ccc(F)cc3)cs2)CCO1. The van der Waals surface area contributed by atoms with E-state index in [-0.39, 0.29) is 5.82 Å². The third kappa shape index (κ3) is 3.49. The lowest BCUT2D eigenvalue weighted by atomic mass is 10.2. The normalized spacial score (nSPS) is 19.2.